The second-order valence-corrected chi connectivity index (χ2v) is 6.00. The number of rotatable bonds is 4. The van der Waals surface area contributed by atoms with Crippen molar-refractivity contribution in [3.8, 4) is 0 Å². The molecule has 3 atom stereocenters. The van der Waals surface area contributed by atoms with E-state index in [1.54, 1.807) is 12.4 Å². The number of ether oxygens (including phenoxy) is 2. The van der Waals surface area contributed by atoms with Crippen LogP contribution in [0.3, 0.4) is 0 Å². The normalized spacial score (nSPS) is 29.0. The average molecular weight is 356 g/mol. The van der Waals surface area contributed by atoms with Crippen LogP contribution in [0.2, 0.25) is 0 Å². The van der Waals surface area contributed by atoms with Gasteiger partial charge in [0.05, 0.1) is 24.7 Å². The van der Waals surface area contributed by atoms with Crippen molar-refractivity contribution in [1.29, 1.82) is 0 Å². The fraction of sp³-hybridized carbons (Fsp3) is 0.692. The summed E-state index contributed by atoms with van der Waals surface area (Å²) in [6.07, 6.45) is 6.51. The summed E-state index contributed by atoms with van der Waals surface area (Å²) in [4.78, 5) is 8.56. The molecule has 0 amide bonds. The van der Waals surface area contributed by atoms with Crippen molar-refractivity contribution in [3.05, 3.63) is 22.7 Å². The van der Waals surface area contributed by atoms with E-state index in [-0.39, 0.29) is 18.4 Å². The van der Waals surface area contributed by atoms with Crippen molar-refractivity contribution in [3.63, 3.8) is 0 Å². The molecule has 1 aromatic heterocycles. The molecule has 7 nitrogen and oxygen atoms in total. The van der Waals surface area contributed by atoms with E-state index in [2.05, 4.69) is 36.2 Å². The molecule has 0 radical (unpaired) electrons. The fourth-order valence-corrected chi connectivity index (χ4v) is 2.67. The van der Waals surface area contributed by atoms with Crippen LogP contribution in [0.4, 0.5) is 0 Å². The zero-order valence-electron chi connectivity index (χ0n) is 11.9. The number of hydrogen-bond acceptors (Lipinski definition) is 7. The van der Waals surface area contributed by atoms with E-state index < -0.39 is 0 Å². The standard InChI is InChI=1S/C13H18BrN5O2/c1-19-10(8-21-12-4-2-3-5-20-12)13(17-18-19)9-6-16-11(14)7-15-9/h6-7,10,12-13H,2-5,8H2,1H3. The van der Waals surface area contributed by atoms with Crippen LogP contribution >= 0.6 is 15.9 Å². The number of nitrogens with zero attached hydrogens (tertiary/aromatic N) is 5. The van der Waals surface area contributed by atoms with Gasteiger partial charge in [0.1, 0.15) is 16.7 Å². The highest BCUT2D eigenvalue weighted by Gasteiger charge is 2.34. The lowest BCUT2D eigenvalue weighted by molar-refractivity contribution is -0.170. The van der Waals surface area contributed by atoms with E-state index in [0.717, 1.165) is 31.6 Å². The maximum atomic E-state index is 5.87. The third-order valence-corrected chi connectivity index (χ3v) is 4.11. The lowest BCUT2D eigenvalue weighted by Crippen LogP contribution is -2.35. The second kappa shape index (κ2) is 6.76. The Hall–Kier alpha value is -1.12. The van der Waals surface area contributed by atoms with Crippen LogP contribution in [-0.2, 0) is 9.47 Å². The van der Waals surface area contributed by atoms with E-state index in [1.165, 1.54) is 0 Å². The van der Waals surface area contributed by atoms with Gasteiger partial charge in [-0.2, -0.15) is 5.11 Å². The summed E-state index contributed by atoms with van der Waals surface area (Å²) in [5.74, 6) is 0. The molecule has 0 bridgehead atoms. The van der Waals surface area contributed by atoms with Crippen LogP contribution in [0.15, 0.2) is 27.3 Å². The molecule has 2 aliphatic heterocycles. The first-order chi connectivity index (χ1) is 10.2. The summed E-state index contributed by atoms with van der Waals surface area (Å²) in [6, 6.07) is -0.134. The summed E-state index contributed by atoms with van der Waals surface area (Å²) in [5, 5.41) is 10.2. The molecule has 0 aromatic carbocycles. The minimum Gasteiger partial charge on any atom is -0.353 e. The van der Waals surface area contributed by atoms with Crippen LogP contribution in [0.5, 0.6) is 0 Å². The van der Waals surface area contributed by atoms with E-state index >= 15 is 0 Å². The van der Waals surface area contributed by atoms with Crippen molar-refractivity contribution in [1.82, 2.24) is 15.0 Å². The molecule has 2 aliphatic rings. The zero-order valence-corrected chi connectivity index (χ0v) is 13.4. The molecule has 0 saturated carbocycles. The Labute approximate surface area is 131 Å². The molecule has 114 valence electrons. The van der Waals surface area contributed by atoms with Gasteiger partial charge >= 0.3 is 0 Å². The number of aromatic nitrogens is 2. The first-order valence-electron chi connectivity index (χ1n) is 7.08. The van der Waals surface area contributed by atoms with Crippen LogP contribution in [-0.4, -0.2) is 47.6 Å². The molecule has 0 N–H and O–H groups in total. The lowest BCUT2D eigenvalue weighted by atomic mass is 10.1. The van der Waals surface area contributed by atoms with Crippen LogP contribution in [0.1, 0.15) is 31.0 Å². The fourth-order valence-electron chi connectivity index (χ4n) is 2.46. The summed E-state index contributed by atoms with van der Waals surface area (Å²) in [5.41, 5.74) is 0.796. The lowest BCUT2D eigenvalue weighted by Gasteiger charge is -2.27. The first-order valence-corrected chi connectivity index (χ1v) is 7.87. The van der Waals surface area contributed by atoms with Gasteiger partial charge in [0.15, 0.2) is 6.29 Å². The average Bonchev–Trinajstić information content (AvgIpc) is 2.88. The maximum Gasteiger partial charge on any atom is 0.157 e. The Morgan fingerprint density at radius 2 is 2.29 bits per heavy atom. The van der Waals surface area contributed by atoms with E-state index in [1.807, 2.05) is 12.1 Å². The van der Waals surface area contributed by atoms with Gasteiger partial charge in [-0.25, -0.2) is 4.98 Å². The smallest absolute Gasteiger partial charge is 0.157 e. The summed E-state index contributed by atoms with van der Waals surface area (Å²) < 4.78 is 12.2. The van der Waals surface area contributed by atoms with Crippen molar-refractivity contribution < 1.29 is 9.47 Å². The topological polar surface area (TPSA) is 72.2 Å². The number of likely N-dealkylation sites (N-methyl/N-ethyl adjacent to an activating group) is 1. The number of halogens is 1. The van der Waals surface area contributed by atoms with Crippen molar-refractivity contribution >= 4 is 15.9 Å². The molecule has 0 aliphatic carbocycles. The first kappa shape index (κ1) is 14.8. The molecule has 3 rings (SSSR count). The van der Waals surface area contributed by atoms with Gasteiger partial charge < -0.3 is 9.47 Å². The third kappa shape index (κ3) is 3.56. The Morgan fingerprint density at radius 3 is 3.00 bits per heavy atom. The SMILES string of the molecule is CN1N=NC(c2cnc(Br)cn2)C1COC1CCCCO1. The molecular weight excluding hydrogens is 338 g/mol. The highest BCUT2D eigenvalue weighted by molar-refractivity contribution is 9.10. The minimum atomic E-state index is -0.154. The maximum absolute atomic E-state index is 5.87. The van der Waals surface area contributed by atoms with Gasteiger partial charge in [-0.05, 0) is 35.2 Å². The Bertz CT molecular complexity index is 492. The Kier molecular flexibility index (Phi) is 4.77. The zero-order chi connectivity index (χ0) is 14.7. The number of hydrogen-bond donors (Lipinski definition) is 0. The molecule has 1 saturated heterocycles. The summed E-state index contributed by atoms with van der Waals surface area (Å²) in [6.45, 7) is 1.29. The quantitative estimate of drug-likeness (QED) is 0.829. The molecule has 21 heavy (non-hydrogen) atoms. The van der Waals surface area contributed by atoms with Crippen LogP contribution < -0.4 is 0 Å². The predicted octanol–water partition coefficient (Wildman–Crippen LogP) is 2.50. The van der Waals surface area contributed by atoms with Crippen molar-refractivity contribution in [2.45, 2.75) is 37.6 Å². The summed E-state index contributed by atoms with van der Waals surface area (Å²) >= 11 is 3.28. The molecule has 1 aromatic rings. The van der Waals surface area contributed by atoms with Gasteiger partial charge in [0.2, 0.25) is 0 Å². The third-order valence-electron chi connectivity index (χ3n) is 3.70. The van der Waals surface area contributed by atoms with Crippen LogP contribution in [0.25, 0.3) is 0 Å². The summed E-state index contributed by atoms with van der Waals surface area (Å²) in [7, 11) is 1.89. The van der Waals surface area contributed by atoms with Gasteiger partial charge in [-0.3, -0.25) is 9.99 Å². The van der Waals surface area contributed by atoms with E-state index in [4.69, 9.17) is 9.47 Å². The highest BCUT2D eigenvalue weighted by Crippen LogP contribution is 2.30. The Morgan fingerprint density at radius 1 is 1.38 bits per heavy atom. The minimum absolute atomic E-state index is 0.0194. The Balaban J connectivity index is 1.63. The van der Waals surface area contributed by atoms with Gasteiger partial charge in [0.25, 0.3) is 0 Å². The van der Waals surface area contributed by atoms with Gasteiger partial charge in [0, 0.05) is 13.7 Å². The van der Waals surface area contributed by atoms with Gasteiger partial charge in [-0.15, -0.1) is 0 Å². The largest absolute Gasteiger partial charge is 0.353 e. The van der Waals surface area contributed by atoms with Crippen molar-refractivity contribution in [2.24, 2.45) is 10.3 Å². The predicted molar refractivity (Wildman–Crippen MR) is 78.4 cm³/mol. The van der Waals surface area contributed by atoms with Gasteiger partial charge in [-0.1, -0.05) is 5.22 Å². The monoisotopic (exact) mass is 355 g/mol. The molecule has 1 fully saturated rings. The molecule has 3 unspecified atom stereocenters. The second-order valence-electron chi connectivity index (χ2n) is 5.18. The van der Waals surface area contributed by atoms with Crippen molar-refractivity contribution in [2.75, 3.05) is 20.3 Å². The highest BCUT2D eigenvalue weighted by atomic mass is 79.9. The van der Waals surface area contributed by atoms with Crippen LogP contribution in [0, 0.1) is 0 Å². The molecule has 8 heteroatoms. The molecule has 3 heterocycles. The molecular formula is C13H18BrN5O2. The van der Waals surface area contributed by atoms with E-state index in [9.17, 15) is 0 Å². The molecule has 0 spiro atoms. The van der Waals surface area contributed by atoms with E-state index in [0.29, 0.717) is 11.2 Å².